The van der Waals surface area contributed by atoms with Crippen molar-refractivity contribution in [2.24, 2.45) is 7.05 Å². The van der Waals surface area contributed by atoms with Gasteiger partial charge in [0.1, 0.15) is 5.76 Å². The number of furan rings is 1. The van der Waals surface area contributed by atoms with E-state index in [2.05, 4.69) is 17.3 Å². The lowest BCUT2D eigenvalue weighted by Gasteiger charge is -2.14. The van der Waals surface area contributed by atoms with E-state index in [4.69, 9.17) is 16.0 Å². The Morgan fingerprint density at radius 1 is 1.53 bits per heavy atom. The van der Waals surface area contributed by atoms with Crippen LogP contribution in [-0.2, 0) is 19.9 Å². The van der Waals surface area contributed by atoms with Crippen molar-refractivity contribution < 1.29 is 4.42 Å². The topological polar surface area (TPSA) is 43.0 Å². The number of rotatable bonds is 5. The molecule has 104 valence electrons. The molecule has 1 unspecified atom stereocenters. The first-order valence-electron chi connectivity index (χ1n) is 6.49. The number of aromatic nitrogens is 2. The number of aryl methyl sites for hydroxylation is 3. The molecular weight excluding hydrogens is 262 g/mol. The second-order valence-corrected chi connectivity index (χ2v) is 5.10. The van der Waals surface area contributed by atoms with Gasteiger partial charge in [0.15, 0.2) is 0 Å². The second kappa shape index (κ2) is 5.80. The van der Waals surface area contributed by atoms with E-state index in [1.165, 1.54) is 0 Å². The van der Waals surface area contributed by atoms with Gasteiger partial charge < -0.3 is 9.73 Å². The van der Waals surface area contributed by atoms with Crippen LogP contribution < -0.4 is 5.32 Å². The van der Waals surface area contributed by atoms with Crippen molar-refractivity contribution in [3.63, 3.8) is 0 Å². The highest BCUT2D eigenvalue weighted by Gasteiger charge is 2.19. The molecule has 0 radical (unpaired) electrons. The highest BCUT2D eigenvalue weighted by Crippen LogP contribution is 2.27. The van der Waals surface area contributed by atoms with Crippen molar-refractivity contribution in [3.8, 4) is 0 Å². The van der Waals surface area contributed by atoms with Gasteiger partial charge in [-0.05, 0) is 26.5 Å². The van der Waals surface area contributed by atoms with Crippen LogP contribution in [0.25, 0.3) is 0 Å². The summed E-state index contributed by atoms with van der Waals surface area (Å²) in [5.41, 5.74) is 3.14. The Labute approximate surface area is 118 Å². The fraction of sp³-hybridized carbons (Fsp3) is 0.500. The zero-order valence-electron chi connectivity index (χ0n) is 11.8. The Morgan fingerprint density at radius 3 is 2.74 bits per heavy atom. The molecule has 2 aromatic heterocycles. The predicted octanol–water partition coefficient (Wildman–Crippen LogP) is 3.04. The van der Waals surface area contributed by atoms with E-state index in [0.717, 1.165) is 40.6 Å². The van der Waals surface area contributed by atoms with Crippen molar-refractivity contribution in [3.05, 3.63) is 40.1 Å². The molecule has 0 saturated carbocycles. The smallest absolute Gasteiger partial charge is 0.101 e. The Hall–Kier alpha value is -1.26. The minimum atomic E-state index is 0.176. The molecule has 0 bridgehead atoms. The van der Waals surface area contributed by atoms with Crippen molar-refractivity contribution in [2.75, 3.05) is 7.05 Å². The Bertz CT molecular complexity index is 559. The molecule has 2 aromatic rings. The van der Waals surface area contributed by atoms with Crippen LogP contribution in [0, 0.1) is 6.92 Å². The molecule has 19 heavy (non-hydrogen) atoms. The zero-order valence-corrected chi connectivity index (χ0v) is 12.6. The van der Waals surface area contributed by atoms with Crippen LogP contribution in [0.15, 0.2) is 16.7 Å². The largest absolute Gasteiger partial charge is 0.469 e. The van der Waals surface area contributed by atoms with E-state index in [9.17, 15) is 0 Å². The monoisotopic (exact) mass is 281 g/mol. The molecule has 0 aliphatic heterocycles. The van der Waals surface area contributed by atoms with Crippen LogP contribution in [0.2, 0.25) is 5.02 Å². The van der Waals surface area contributed by atoms with Gasteiger partial charge in [-0.25, -0.2) is 0 Å². The lowest BCUT2D eigenvalue weighted by atomic mass is 10.0. The first kappa shape index (κ1) is 14.2. The highest BCUT2D eigenvalue weighted by molar-refractivity contribution is 6.31. The Balaban J connectivity index is 2.26. The summed E-state index contributed by atoms with van der Waals surface area (Å²) in [6.07, 6.45) is 3.43. The molecule has 5 heteroatoms. The lowest BCUT2D eigenvalue weighted by Crippen LogP contribution is -2.19. The Morgan fingerprint density at radius 2 is 2.26 bits per heavy atom. The lowest BCUT2D eigenvalue weighted by molar-refractivity contribution is 0.515. The molecule has 1 atom stereocenters. The van der Waals surface area contributed by atoms with Crippen molar-refractivity contribution in [2.45, 2.75) is 32.7 Å². The second-order valence-electron chi connectivity index (χ2n) is 4.72. The van der Waals surface area contributed by atoms with Gasteiger partial charge >= 0.3 is 0 Å². The first-order valence-corrected chi connectivity index (χ1v) is 6.87. The summed E-state index contributed by atoms with van der Waals surface area (Å²) < 4.78 is 7.25. The minimum Gasteiger partial charge on any atom is -0.469 e. The highest BCUT2D eigenvalue weighted by atomic mass is 35.5. The average molecular weight is 282 g/mol. The number of halogens is 1. The standard InChI is InChI=1S/C14H20ClN3O/c1-5-11-14(15)13(18(4)17-11)7-12(16-3)10-6-9(2)19-8-10/h6,8,12,16H,5,7H2,1-4H3. The summed E-state index contributed by atoms with van der Waals surface area (Å²) in [4.78, 5) is 0. The molecule has 0 saturated heterocycles. The van der Waals surface area contributed by atoms with Gasteiger partial charge in [-0.15, -0.1) is 0 Å². The van der Waals surface area contributed by atoms with Crippen LogP contribution in [0.1, 0.15) is 35.7 Å². The van der Waals surface area contributed by atoms with Gasteiger partial charge in [-0.1, -0.05) is 18.5 Å². The van der Waals surface area contributed by atoms with Crippen LogP contribution in [0.4, 0.5) is 0 Å². The molecule has 0 amide bonds. The predicted molar refractivity (Wildman–Crippen MR) is 76.5 cm³/mol. The van der Waals surface area contributed by atoms with Crippen molar-refractivity contribution >= 4 is 11.6 Å². The third-order valence-electron chi connectivity index (χ3n) is 3.40. The van der Waals surface area contributed by atoms with E-state index < -0.39 is 0 Å². The summed E-state index contributed by atoms with van der Waals surface area (Å²) >= 11 is 6.39. The number of hydrogen-bond donors (Lipinski definition) is 1. The van der Waals surface area contributed by atoms with E-state index in [1.54, 1.807) is 6.26 Å². The molecule has 0 aliphatic rings. The van der Waals surface area contributed by atoms with Gasteiger partial charge in [-0.2, -0.15) is 5.10 Å². The molecule has 0 aromatic carbocycles. The fourth-order valence-electron chi connectivity index (χ4n) is 2.27. The number of nitrogens with one attached hydrogen (secondary N) is 1. The fourth-order valence-corrected chi connectivity index (χ4v) is 2.64. The maximum Gasteiger partial charge on any atom is 0.101 e. The van der Waals surface area contributed by atoms with Gasteiger partial charge in [0.05, 0.1) is 22.7 Å². The van der Waals surface area contributed by atoms with Crippen molar-refractivity contribution in [1.82, 2.24) is 15.1 Å². The van der Waals surface area contributed by atoms with E-state index >= 15 is 0 Å². The molecule has 0 spiro atoms. The maximum atomic E-state index is 6.39. The maximum absolute atomic E-state index is 6.39. The Kier molecular flexibility index (Phi) is 4.32. The van der Waals surface area contributed by atoms with Crippen LogP contribution in [0.5, 0.6) is 0 Å². The molecule has 0 fully saturated rings. The number of nitrogens with zero attached hydrogens (tertiary/aromatic N) is 2. The van der Waals surface area contributed by atoms with Crippen LogP contribution in [-0.4, -0.2) is 16.8 Å². The third kappa shape index (κ3) is 2.85. The summed E-state index contributed by atoms with van der Waals surface area (Å²) in [5.74, 6) is 0.917. The first-order chi connectivity index (χ1) is 9.06. The van der Waals surface area contributed by atoms with Gasteiger partial charge in [-0.3, -0.25) is 4.68 Å². The molecule has 1 N–H and O–H groups in total. The van der Waals surface area contributed by atoms with Gasteiger partial charge in [0.2, 0.25) is 0 Å². The molecule has 2 rings (SSSR count). The van der Waals surface area contributed by atoms with E-state index in [-0.39, 0.29) is 6.04 Å². The van der Waals surface area contributed by atoms with E-state index in [1.807, 2.05) is 31.8 Å². The average Bonchev–Trinajstić information content (AvgIpc) is 2.92. The van der Waals surface area contributed by atoms with Crippen molar-refractivity contribution in [1.29, 1.82) is 0 Å². The van der Waals surface area contributed by atoms with Gasteiger partial charge in [0.25, 0.3) is 0 Å². The summed E-state index contributed by atoms with van der Waals surface area (Å²) in [6, 6.07) is 2.22. The van der Waals surface area contributed by atoms with Gasteiger partial charge in [0, 0.05) is 25.1 Å². The quantitative estimate of drug-likeness (QED) is 0.916. The summed E-state index contributed by atoms with van der Waals surface area (Å²) in [7, 11) is 3.88. The summed E-state index contributed by atoms with van der Waals surface area (Å²) in [6.45, 7) is 4.01. The zero-order chi connectivity index (χ0) is 14.0. The number of likely N-dealkylation sites (N-methyl/N-ethyl adjacent to an activating group) is 1. The molecule has 2 heterocycles. The van der Waals surface area contributed by atoms with Crippen LogP contribution in [0.3, 0.4) is 0 Å². The van der Waals surface area contributed by atoms with E-state index in [0.29, 0.717) is 0 Å². The van der Waals surface area contributed by atoms with Crippen LogP contribution >= 0.6 is 11.6 Å². The minimum absolute atomic E-state index is 0.176. The summed E-state index contributed by atoms with van der Waals surface area (Å²) in [5, 5.41) is 8.53. The SMILES string of the molecule is CCc1nn(C)c(CC(NC)c2coc(C)c2)c1Cl. The molecular formula is C14H20ClN3O. The third-order valence-corrected chi connectivity index (χ3v) is 3.84. The molecule has 0 aliphatic carbocycles. The normalized spacial score (nSPS) is 12.9. The molecule has 4 nitrogen and oxygen atoms in total. The number of hydrogen-bond acceptors (Lipinski definition) is 3.